The fraction of sp³-hybridized carbons (Fsp3) is 0.381. The van der Waals surface area contributed by atoms with E-state index in [-0.39, 0.29) is 24.1 Å². The van der Waals surface area contributed by atoms with Gasteiger partial charge in [-0.3, -0.25) is 4.79 Å². The quantitative estimate of drug-likeness (QED) is 0.596. The maximum absolute atomic E-state index is 12.9. The van der Waals surface area contributed by atoms with Gasteiger partial charge in [0.15, 0.2) is 0 Å². The first kappa shape index (κ1) is 22.9. The van der Waals surface area contributed by atoms with Gasteiger partial charge in [-0.15, -0.1) is 0 Å². The zero-order valence-electron chi connectivity index (χ0n) is 16.4. The molecule has 162 valence electrons. The first-order chi connectivity index (χ1) is 14.3. The van der Waals surface area contributed by atoms with Crippen molar-refractivity contribution in [1.29, 1.82) is 0 Å². The van der Waals surface area contributed by atoms with Gasteiger partial charge >= 0.3 is 0 Å². The molecule has 3 rings (SSSR count). The molecule has 0 bridgehead atoms. The van der Waals surface area contributed by atoms with Crippen LogP contribution in [0.4, 0.5) is 0 Å². The second-order valence-corrected chi connectivity index (χ2v) is 9.95. The number of para-hydroxylation sites is 1. The van der Waals surface area contributed by atoms with Crippen LogP contribution in [0, 0.1) is 5.92 Å². The number of sulfonamides is 1. The highest BCUT2D eigenvalue weighted by atomic mass is 35.5. The van der Waals surface area contributed by atoms with Gasteiger partial charge < -0.3 is 10.1 Å². The Morgan fingerprint density at radius 3 is 2.67 bits per heavy atom. The minimum Gasteiger partial charge on any atom is -0.492 e. The second-order valence-electron chi connectivity index (χ2n) is 7.14. The topological polar surface area (TPSA) is 75.7 Å². The van der Waals surface area contributed by atoms with Crippen LogP contribution in [-0.4, -0.2) is 44.9 Å². The van der Waals surface area contributed by atoms with Crippen LogP contribution in [0.15, 0.2) is 48.5 Å². The van der Waals surface area contributed by atoms with Crippen molar-refractivity contribution in [2.24, 2.45) is 5.92 Å². The molecule has 2 aromatic rings. The number of nitrogens with zero attached hydrogens (tertiary/aromatic N) is 1. The van der Waals surface area contributed by atoms with Crippen LogP contribution >= 0.6 is 23.2 Å². The van der Waals surface area contributed by atoms with E-state index in [0.29, 0.717) is 48.1 Å². The summed E-state index contributed by atoms with van der Waals surface area (Å²) in [5, 5.41) is 3.61. The molecule has 0 spiro atoms. The number of carbonyl (C=O) groups is 1. The van der Waals surface area contributed by atoms with Gasteiger partial charge in [-0.2, -0.15) is 0 Å². The summed E-state index contributed by atoms with van der Waals surface area (Å²) < 4.78 is 32.7. The maximum atomic E-state index is 12.9. The Kier molecular flexibility index (Phi) is 7.99. The molecule has 9 heteroatoms. The van der Waals surface area contributed by atoms with Gasteiger partial charge in [-0.25, -0.2) is 12.7 Å². The fourth-order valence-electron chi connectivity index (χ4n) is 3.34. The Hall–Kier alpha value is -1.80. The number of amides is 1. The molecular weight excluding hydrogens is 447 g/mol. The lowest BCUT2D eigenvalue weighted by Gasteiger charge is -2.31. The molecule has 1 amide bonds. The van der Waals surface area contributed by atoms with Crippen LogP contribution < -0.4 is 10.1 Å². The van der Waals surface area contributed by atoms with Crippen molar-refractivity contribution >= 4 is 39.1 Å². The van der Waals surface area contributed by atoms with Crippen molar-refractivity contribution in [3.05, 3.63) is 64.1 Å². The molecule has 0 radical (unpaired) electrons. The minimum atomic E-state index is -3.60. The minimum absolute atomic E-state index is 0.156. The van der Waals surface area contributed by atoms with Gasteiger partial charge in [0, 0.05) is 23.1 Å². The molecule has 1 aliphatic heterocycles. The van der Waals surface area contributed by atoms with Crippen molar-refractivity contribution in [1.82, 2.24) is 9.62 Å². The summed E-state index contributed by atoms with van der Waals surface area (Å²) in [5.74, 6) is -0.0213. The Morgan fingerprint density at radius 2 is 1.93 bits per heavy atom. The monoisotopic (exact) mass is 470 g/mol. The van der Waals surface area contributed by atoms with E-state index in [1.54, 1.807) is 12.1 Å². The Balaban J connectivity index is 1.51. The smallest absolute Gasteiger partial charge is 0.224 e. The fourth-order valence-corrected chi connectivity index (χ4v) is 5.54. The number of piperidine rings is 1. The third kappa shape index (κ3) is 6.35. The second kappa shape index (κ2) is 10.5. The van der Waals surface area contributed by atoms with Crippen molar-refractivity contribution in [3.63, 3.8) is 0 Å². The summed E-state index contributed by atoms with van der Waals surface area (Å²) in [4.78, 5) is 12.5. The molecule has 1 fully saturated rings. The van der Waals surface area contributed by atoms with E-state index in [2.05, 4.69) is 5.32 Å². The molecular formula is C21H24Cl2N2O4S. The van der Waals surface area contributed by atoms with Crippen molar-refractivity contribution < 1.29 is 17.9 Å². The molecule has 1 atom stereocenters. The van der Waals surface area contributed by atoms with Crippen LogP contribution in [-0.2, 0) is 20.6 Å². The number of ether oxygens (including phenoxy) is 1. The summed E-state index contributed by atoms with van der Waals surface area (Å²) in [6, 6.07) is 14.1. The lowest BCUT2D eigenvalue weighted by molar-refractivity contribution is -0.126. The van der Waals surface area contributed by atoms with Crippen LogP contribution in [0.2, 0.25) is 10.0 Å². The Bertz CT molecular complexity index is 970. The summed E-state index contributed by atoms with van der Waals surface area (Å²) in [5.41, 5.74) is 0.491. The molecule has 1 aliphatic rings. The summed E-state index contributed by atoms with van der Waals surface area (Å²) in [6.07, 6.45) is 1.28. The average molecular weight is 471 g/mol. The Labute approximate surface area is 187 Å². The van der Waals surface area contributed by atoms with Crippen LogP contribution in [0.3, 0.4) is 0 Å². The van der Waals surface area contributed by atoms with Crippen LogP contribution in [0.1, 0.15) is 18.4 Å². The van der Waals surface area contributed by atoms with Gasteiger partial charge in [0.1, 0.15) is 12.4 Å². The highest BCUT2D eigenvalue weighted by Gasteiger charge is 2.32. The van der Waals surface area contributed by atoms with E-state index in [4.69, 9.17) is 27.9 Å². The number of nitrogens with one attached hydrogen (secondary N) is 1. The highest BCUT2D eigenvalue weighted by Crippen LogP contribution is 2.26. The van der Waals surface area contributed by atoms with Crippen molar-refractivity contribution in [2.75, 3.05) is 26.2 Å². The van der Waals surface area contributed by atoms with Crippen LogP contribution in [0.5, 0.6) is 5.75 Å². The first-order valence-electron chi connectivity index (χ1n) is 9.72. The van der Waals surface area contributed by atoms with E-state index < -0.39 is 10.0 Å². The molecule has 0 aromatic heterocycles. The van der Waals surface area contributed by atoms with E-state index in [9.17, 15) is 13.2 Å². The number of rotatable bonds is 8. The van der Waals surface area contributed by atoms with E-state index >= 15 is 0 Å². The van der Waals surface area contributed by atoms with Gasteiger partial charge in [-0.05, 0) is 42.7 Å². The molecule has 1 N–H and O–H groups in total. The molecule has 0 saturated carbocycles. The number of halogens is 2. The van der Waals surface area contributed by atoms with Crippen LogP contribution in [0.25, 0.3) is 0 Å². The van der Waals surface area contributed by atoms with Gasteiger partial charge in [0.2, 0.25) is 15.9 Å². The summed E-state index contributed by atoms with van der Waals surface area (Å²) in [7, 11) is -3.60. The third-order valence-corrected chi connectivity index (χ3v) is 7.30. The average Bonchev–Trinajstić information content (AvgIpc) is 2.74. The molecule has 0 aliphatic carbocycles. The summed E-state index contributed by atoms with van der Waals surface area (Å²) >= 11 is 12.0. The predicted octanol–water partition coefficient (Wildman–Crippen LogP) is 3.73. The Morgan fingerprint density at radius 1 is 1.17 bits per heavy atom. The van der Waals surface area contributed by atoms with Gasteiger partial charge in [0.25, 0.3) is 0 Å². The van der Waals surface area contributed by atoms with E-state index in [1.165, 1.54) is 10.4 Å². The first-order valence-corrected chi connectivity index (χ1v) is 12.1. The van der Waals surface area contributed by atoms with Crippen molar-refractivity contribution in [3.8, 4) is 5.75 Å². The maximum Gasteiger partial charge on any atom is 0.224 e. The largest absolute Gasteiger partial charge is 0.492 e. The van der Waals surface area contributed by atoms with Gasteiger partial charge in [-0.1, -0.05) is 47.5 Å². The molecule has 1 saturated heterocycles. The third-order valence-electron chi connectivity index (χ3n) is 4.91. The number of hydrogen-bond donors (Lipinski definition) is 1. The molecule has 0 unspecified atom stereocenters. The zero-order chi connectivity index (χ0) is 21.6. The van der Waals surface area contributed by atoms with E-state index in [1.807, 2.05) is 30.3 Å². The predicted molar refractivity (Wildman–Crippen MR) is 118 cm³/mol. The summed E-state index contributed by atoms with van der Waals surface area (Å²) in [6.45, 7) is 1.27. The van der Waals surface area contributed by atoms with Crippen molar-refractivity contribution in [2.45, 2.75) is 18.6 Å². The lowest BCUT2D eigenvalue weighted by atomic mass is 9.99. The van der Waals surface area contributed by atoms with E-state index in [0.717, 1.165) is 5.75 Å². The standard InChI is InChI=1S/C21H24Cl2N2O4S/c22-18-9-8-17(20(23)13-18)15-30(27,28)25-11-4-5-16(14-25)21(26)24-10-12-29-19-6-2-1-3-7-19/h1-3,6-9,13,16H,4-5,10-12,14-15H2,(H,24,26)/t16-/m1/s1. The number of carbonyl (C=O) groups excluding carboxylic acids is 1. The molecule has 30 heavy (non-hydrogen) atoms. The number of hydrogen-bond acceptors (Lipinski definition) is 4. The van der Waals surface area contributed by atoms with Gasteiger partial charge in [0.05, 0.1) is 18.2 Å². The molecule has 6 nitrogen and oxygen atoms in total. The highest BCUT2D eigenvalue weighted by molar-refractivity contribution is 7.88. The molecule has 2 aromatic carbocycles. The number of benzene rings is 2. The molecule has 1 heterocycles. The normalized spacial score (nSPS) is 17.5. The SMILES string of the molecule is O=C(NCCOc1ccccc1)[C@@H]1CCCN(S(=O)(=O)Cc2ccc(Cl)cc2Cl)C1. The lowest BCUT2D eigenvalue weighted by Crippen LogP contribution is -2.46. The zero-order valence-corrected chi connectivity index (χ0v) is 18.7.